The van der Waals surface area contributed by atoms with Gasteiger partial charge in [0.2, 0.25) is 10.0 Å². The molecule has 6 nitrogen and oxygen atoms in total. The van der Waals surface area contributed by atoms with Crippen LogP contribution in [0.1, 0.15) is 76.7 Å². The molecule has 1 spiro atoms. The molecule has 4 rings (SSSR count). The highest BCUT2D eigenvalue weighted by Gasteiger charge is 2.43. The lowest BCUT2D eigenvalue weighted by molar-refractivity contribution is 0.239. The maximum Gasteiger partial charge on any atom is 0.243 e. The molecule has 0 atom stereocenters. The van der Waals surface area contributed by atoms with Crippen LogP contribution in [0.2, 0.25) is 0 Å². The normalized spacial score (nSPS) is 22.8. The Morgan fingerprint density at radius 3 is 2.28 bits per heavy atom. The molecular formula is C24H39ClN4O2S. The van der Waals surface area contributed by atoms with Crippen molar-refractivity contribution in [2.45, 2.75) is 87.6 Å². The van der Waals surface area contributed by atoms with Gasteiger partial charge >= 0.3 is 0 Å². The Morgan fingerprint density at radius 1 is 1.06 bits per heavy atom. The molecule has 1 aromatic carbocycles. The summed E-state index contributed by atoms with van der Waals surface area (Å²) in [6.45, 7) is 6.93. The molecule has 0 amide bonds. The number of halogens is 1. The molecule has 2 fully saturated rings. The van der Waals surface area contributed by atoms with Gasteiger partial charge in [0, 0.05) is 25.7 Å². The van der Waals surface area contributed by atoms with Gasteiger partial charge in [0.15, 0.2) is 0 Å². The number of piperidine rings is 1. The van der Waals surface area contributed by atoms with Crippen molar-refractivity contribution in [3.8, 4) is 0 Å². The fraction of sp³-hybridized carbons (Fsp3) is 0.708. The van der Waals surface area contributed by atoms with Gasteiger partial charge in [0.05, 0.1) is 17.0 Å². The third-order valence-electron chi connectivity index (χ3n) is 7.25. The van der Waals surface area contributed by atoms with Gasteiger partial charge in [-0.2, -0.15) is 4.31 Å². The molecule has 32 heavy (non-hydrogen) atoms. The molecule has 180 valence electrons. The summed E-state index contributed by atoms with van der Waals surface area (Å²) >= 11 is 0. The second-order valence-corrected chi connectivity index (χ2v) is 11.6. The van der Waals surface area contributed by atoms with E-state index in [1.54, 1.807) is 16.4 Å². The molecule has 8 heteroatoms. The summed E-state index contributed by atoms with van der Waals surface area (Å²) in [6.07, 6.45) is 9.17. The smallest absolute Gasteiger partial charge is 0.243 e. The van der Waals surface area contributed by atoms with Crippen LogP contribution in [0.25, 0.3) is 0 Å². The third-order valence-corrected chi connectivity index (χ3v) is 9.17. The van der Waals surface area contributed by atoms with Crippen molar-refractivity contribution in [2.24, 2.45) is 4.99 Å². The molecule has 1 saturated heterocycles. The van der Waals surface area contributed by atoms with Crippen molar-refractivity contribution < 1.29 is 8.42 Å². The lowest BCUT2D eigenvalue weighted by atomic mass is 9.85. The number of rotatable bonds is 4. The quantitative estimate of drug-likeness (QED) is 0.634. The van der Waals surface area contributed by atoms with Crippen molar-refractivity contribution in [2.75, 3.05) is 26.2 Å². The minimum Gasteiger partial charge on any atom is -0.370 e. The lowest BCUT2D eigenvalue weighted by Crippen LogP contribution is -2.65. The highest BCUT2D eigenvalue weighted by molar-refractivity contribution is 7.89. The summed E-state index contributed by atoms with van der Waals surface area (Å²) in [6, 6.07) is 7.89. The molecule has 0 aromatic heterocycles. The van der Waals surface area contributed by atoms with Crippen LogP contribution in [0.4, 0.5) is 0 Å². The van der Waals surface area contributed by atoms with E-state index in [0.717, 1.165) is 37.3 Å². The molecular weight excluding hydrogens is 444 g/mol. The number of nitrogens with one attached hydrogen (secondary N) is 2. The molecule has 0 radical (unpaired) electrons. The van der Waals surface area contributed by atoms with Gasteiger partial charge < -0.3 is 10.6 Å². The summed E-state index contributed by atoms with van der Waals surface area (Å²) in [7, 11) is -3.46. The maximum atomic E-state index is 13.2. The van der Waals surface area contributed by atoms with Crippen molar-refractivity contribution >= 4 is 28.3 Å². The predicted molar refractivity (Wildman–Crippen MR) is 133 cm³/mol. The second-order valence-electron chi connectivity index (χ2n) is 9.70. The third kappa shape index (κ3) is 5.49. The Hall–Kier alpha value is -1.15. The Bertz CT molecular complexity index is 870. The van der Waals surface area contributed by atoms with E-state index < -0.39 is 10.0 Å². The average Bonchev–Trinajstić information content (AvgIpc) is 3.05. The Balaban J connectivity index is 0.00000289. The van der Waals surface area contributed by atoms with Crippen LogP contribution < -0.4 is 10.6 Å². The summed E-state index contributed by atoms with van der Waals surface area (Å²) < 4.78 is 28.1. The standard InChI is InChI=1S/C24H38N4O2S.ClH/c1-19(2)20-9-11-22(12-10-20)31(29,30)28-17-13-24(14-18-28)23(25-15-16-26-24)27-21-7-5-3-4-6-8-21;/h9-12,19,21,26H,3-8,13-18H2,1-2H3,(H,25,27);1H. The van der Waals surface area contributed by atoms with Gasteiger partial charge in [-0.1, -0.05) is 51.7 Å². The van der Waals surface area contributed by atoms with Crippen LogP contribution in [0.5, 0.6) is 0 Å². The van der Waals surface area contributed by atoms with E-state index >= 15 is 0 Å². The fourth-order valence-corrected chi connectivity index (χ4v) is 6.64. The molecule has 1 aliphatic carbocycles. The van der Waals surface area contributed by atoms with Crippen LogP contribution in [0.3, 0.4) is 0 Å². The molecule has 1 saturated carbocycles. The van der Waals surface area contributed by atoms with E-state index in [4.69, 9.17) is 4.99 Å². The van der Waals surface area contributed by atoms with E-state index in [2.05, 4.69) is 24.5 Å². The van der Waals surface area contributed by atoms with Crippen molar-refractivity contribution in [3.05, 3.63) is 29.8 Å². The minimum atomic E-state index is -3.46. The SMILES string of the molecule is CC(C)c1ccc(S(=O)(=O)N2CCC3(CC2)NCCN=C3NC2CCCCCC2)cc1.Cl. The molecule has 2 N–H and O–H groups in total. The van der Waals surface area contributed by atoms with Gasteiger partial charge in [-0.05, 0) is 49.3 Å². The van der Waals surface area contributed by atoms with Gasteiger partial charge in [-0.15, -0.1) is 12.4 Å². The monoisotopic (exact) mass is 482 g/mol. The van der Waals surface area contributed by atoms with Crippen molar-refractivity contribution in [1.82, 2.24) is 14.9 Å². The fourth-order valence-electron chi connectivity index (χ4n) is 5.19. The largest absolute Gasteiger partial charge is 0.370 e. The number of amidine groups is 1. The topological polar surface area (TPSA) is 73.8 Å². The van der Waals surface area contributed by atoms with Gasteiger partial charge in [-0.3, -0.25) is 4.99 Å². The maximum absolute atomic E-state index is 13.2. The first-order chi connectivity index (χ1) is 14.9. The number of nitrogens with zero attached hydrogens (tertiary/aromatic N) is 2. The van der Waals surface area contributed by atoms with Crippen LogP contribution in [-0.4, -0.2) is 56.3 Å². The van der Waals surface area contributed by atoms with E-state index in [1.807, 2.05) is 12.1 Å². The van der Waals surface area contributed by atoms with E-state index in [9.17, 15) is 8.42 Å². The van der Waals surface area contributed by atoms with E-state index in [1.165, 1.54) is 38.5 Å². The zero-order valence-corrected chi connectivity index (χ0v) is 21.1. The van der Waals surface area contributed by atoms with Crippen LogP contribution in [0.15, 0.2) is 34.2 Å². The van der Waals surface area contributed by atoms with Crippen molar-refractivity contribution in [3.63, 3.8) is 0 Å². The van der Waals surface area contributed by atoms with Gasteiger partial charge in [0.1, 0.15) is 5.84 Å². The molecule has 1 aromatic rings. The molecule has 0 bridgehead atoms. The summed E-state index contributed by atoms with van der Waals surface area (Å²) in [5.41, 5.74) is 0.950. The zero-order chi connectivity index (χ0) is 21.9. The summed E-state index contributed by atoms with van der Waals surface area (Å²) in [5, 5.41) is 7.49. The number of hydrogen-bond donors (Lipinski definition) is 2. The number of sulfonamides is 1. The predicted octanol–water partition coefficient (Wildman–Crippen LogP) is 4.07. The lowest BCUT2D eigenvalue weighted by Gasteiger charge is -2.45. The molecule has 2 heterocycles. The summed E-state index contributed by atoms with van der Waals surface area (Å²) in [4.78, 5) is 5.28. The minimum absolute atomic E-state index is 0. The van der Waals surface area contributed by atoms with E-state index in [0.29, 0.717) is 29.9 Å². The molecule has 3 aliphatic rings. The first-order valence-electron chi connectivity index (χ1n) is 12.1. The van der Waals surface area contributed by atoms with Crippen LogP contribution in [0, 0.1) is 0 Å². The second kappa shape index (κ2) is 10.9. The van der Waals surface area contributed by atoms with Gasteiger partial charge in [0.25, 0.3) is 0 Å². The van der Waals surface area contributed by atoms with E-state index in [-0.39, 0.29) is 17.9 Å². The van der Waals surface area contributed by atoms with Crippen LogP contribution in [-0.2, 0) is 10.0 Å². The summed E-state index contributed by atoms with van der Waals surface area (Å²) in [5.74, 6) is 1.46. The first kappa shape index (κ1) is 25.5. The zero-order valence-electron chi connectivity index (χ0n) is 19.5. The molecule has 0 unspecified atom stereocenters. The van der Waals surface area contributed by atoms with Crippen LogP contribution >= 0.6 is 12.4 Å². The van der Waals surface area contributed by atoms with Gasteiger partial charge in [-0.25, -0.2) is 8.42 Å². The molecule has 2 aliphatic heterocycles. The number of aliphatic imine (C=N–C) groups is 1. The van der Waals surface area contributed by atoms with Crippen molar-refractivity contribution in [1.29, 1.82) is 0 Å². The first-order valence-corrected chi connectivity index (χ1v) is 13.5. The number of benzene rings is 1. The Morgan fingerprint density at radius 2 is 1.69 bits per heavy atom. The Labute approximate surface area is 200 Å². The highest BCUT2D eigenvalue weighted by Crippen LogP contribution is 2.30. The number of hydrogen-bond acceptors (Lipinski definition) is 5. The highest BCUT2D eigenvalue weighted by atomic mass is 35.5. The average molecular weight is 483 g/mol. The Kier molecular flexibility index (Phi) is 8.64.